The summed E-state index contributed by atoms with van der Waals surface area (Å²) in [5.41, 5.74) is 2.19. The van der Waals surface area contributed by atoms with Gasteiger partial charge in [0.2, 0.25) is 6.04 Å². The van der Waals surface area contributed by atoms with Crippen molar-refractivity contribution >= 4 is 23.3 Å². The predicted molar refractivity (Wildman–Crippen MR) is 127 cm³/mol. The minimum Gasteiger partial charge on any atom is -0.455 e. The average Bonchev–Trinajstić information content (AvgIpc) is 2.83. The van der Waals surface area contributed by atoms with Gasteiger partial charge in [-0.2, -0.15) is 0 Å². The molecule has 2 atom stereocenters. The van der Waals surface area contributed by atoms with Crippen LogP contribution in [0.3, 0.4) is 0 Å². The van der Waals surface area contributed by atoms with E-state index in [9.17, 15) is 19.7 Å². The summed E-state index contributed by atoms with van der Waals surface area (Å²) in [5, 5.41) is 11.0. The zero-order valence-electron chi connectivity index (χ0n) is 18.4. The summed E-state index contributed by atoms with van der Waals surface area (Å²) in [6.45, 7) is 1.66. The molecule has 0 N–H and O–H groups in total. The summed E-state index contributed by atoms with van der Waals surface area (Å²) >= 11 is 0. The first kappa shape index (κ1) is 23.7. The molecule has 0 heterocycles. The minimum atomic E-state index is -0.633. The van der Waals surface area contributed by atoms with Gasteiger partial charge >= 0.3 is 5.97 Å². The molecule has 0 fully saturated rings. The maximum atomic E-state index is 13.0. The number of carbonyl (C=O) groups excluding carboxylic acids is 2. The zero-order valence-corrected chi connectivity index (χ0v) is 18.4. The normalized spacial score (nSPS) is 16.9. The fourth-order valence-corrected chi connectivity index (χ4v) is 3.52. The maximum Gasteiger partial charge on any atom is 0.331 e. The Kier molecular flexibility index (Phi) is 8.30. The Morgan fingerprint density at radius 2 is 1.67 bits per heavy atom. The molecule has 0 aliphatic heterocycles. The van der Waals surface area contributed by atoms with Crippen LogP contribution in [0.1, 0.15) is 26.2 Å². The molecule has 2 aromatic rings. The van der Waals surface area contributed by atoms with E-state index < -0.39 is 18.1 Å². The molecular weight excluding hydrogens is 420 g/mol. The molecule has 7 nitrogen and oxygen atoms in total. The van der Waals surface area contributed by atoms with Crippen LogP contribution in [0, 0.1) is 10.1 Å². The number of anilines is 2. The molecule has 7 heteroatoms. The highest BCUT2D eigenvalue weighted by atomic mass is 16.6. The number of nitrogens with zero attached hydrogens (tertiary/aromatic N) is 2. The molecule has 0 bridgehead atoms. The highest BCUT2D eigenvalue weighted by Gasteiger charge is 2.23. The van der Waals surface area contributed by atoms with Gasteiger partial charge in [0.1, 0.15) is 6.10 Å². The van der Waals surface area contributed by atoms with Crippen molar-refractivity contribution in [3.05, 3.63) is 107 Å². The molecule has 0 radical (unpaired) electrons. The second-order valence-electron chi connectivity index (χ2n) is 7.68. The molecule has 0 saturated carbocycles. The molecular formula is C26H26N2O5. The van der Waals surface area contributed by atoms with Gasteiger partial charge in [-0.05, 0) is 49.3 Å². The first-order valence-corrected chi connectivity index (χ1v) is 10.8. The molecule has 1 amide bonds. The van der Waals surface area contributed by atoms with Crippen molar-refractivity contribution in [3.8, 4) is 0 Å². The number of para-hydroxylation sites is 2. The first-order chi connectivity index (χ1) is 15.9. The molecule has 1 aliphatic carbocycles. The molecule has 3 rings (SSSR count). The van der Waals surface area contributed by atoms with Crippen LogP contribution in [-0.4, -0.2) is 28.9 Å². The summed E-state index contributed by atoms with van der Waals surface area (Å²) in [7, 11) is 0. The fourth-order valence-electron chi connectivity index (χ4n) is 3.52. The number of ether oxygens (including phenoxy) is 1. The standard InChI is InChI=1S/C26H26N2O5/c1-20(33-26(30)18-16-21-9-8-14-24(19-21)28(31)32)15-17-25(29)27(22-10-4-2-5-11-22)23-12-6-3-7-13-23/h2-7,9-13,15-18,20,24H,8,14,19H2,1H3/b17-15-,18-16+/t20-,24?/m0/s1. The summed E-state index contributed by atoms with van der Waals surface area (Å²) in [5.74, 6) is -0.851. The van der Waals surface area contributed by atoms with Gasteiger partial charge in [0.25, 0.3) is 5.91 Å². The van der Waals surface area contributed by atoms with Gasteiger partial charge in [-0.3, -0.25) is 19.8 Å². The smallest absolute Gasteiger partial charge is 0.331 e. The van der Waals surface area contributed by atoms with E-state index in [0.29, 0.717) is 19.3 Å². The second-order valence-corrected chi connectivity index (χ2v) is 7.68. The predicted octanol–water partition coefficient (Wildman–Crippen LogP) is 5.15. The number of amides is 1. The van der Waals surface area contributed by atoms with E-state index in [1.165, 1.54) is 18.2 Å². The van der Waals surface area contributed by atoms with E-state index in [2.05, 4.69) is 0 Å². The van der Waals surface area contributed by atoms with Gasteiger partial charge in [-0.25, -0.2) is 4.79 Å². The lowest BCUT2D eigenvalue weighted by Gasteiger charge is -2.21. The zero-order chi connectivity index (χ0) is 23.6. The van der Waals surface area contributed by atoms with E-state index >= 15 is 0 Å². The Balaban J connectivity index is 1.61. The first-order valence-electron chi connectivity index (χ1n) is 10.8. The molecule has 2 aromatic carbocycles. The fraction of sp³-hybridized carbons (Fsp3) is 0.231. The van der Waals surface area contributed by atoms with E-state index in [1.807, 2.05) is 66.7 Å². The Morgan fingerprint density at radius 1 is 1.06 bits per heavy atom. The molecule has 0 saturated heterocycles. The number of nitro groups is 1. The van der Waals surface area contributed by atoms with Crippen LogP contribution in [-0.2, 0) is 14.3 Å². The van der Waals surface area contributed by atoms with Crippen LogP contribution in [0.2, 0.25) is 0 Å². The number of carbonyl (C=O) groups is 2. The van der Waals surface area contributed by atoms with E-state index in [0.717, 1.165) is 16.9 Å². The van der Waals surface area contributed by atoms with Crippen LogP contribution in [0.25, 0.3) is 0 Å². The van der Waals surface area contributed by atoms with Crippen molar-refractivity contribution in [1.82, 2.24) is 0 Å². The Labute approximate surface area is 192 Å². The second kappa shape index (κ2) is 11.6. The summed E-state index contributed by atoms with van der Waals surface area (Å²) in [6.07, 6.45) is 8.42. The van der Waals surface area contributed by atoms with E-state index in [4.69, 9.17) is 4.74 Å². The average molecular weight is 447 g/mol. The minimum absolute atomic E-state index is 0.274. The quantitative estimate of drug-likeness (QED) is 0.242. The molecule has 1 unspecified atom stereocenters. The van der Waals surface area contributed by atoms with Crippen LogP contribution in [0.4, 0.5) is 11.4 Å². The third kappa shape index (κ3) is 7.00. The Hall–Kier alpha value is -4.00. The Bertz CT molecular complexity index is 1020. The molecule has 1 aliphatic rings. The SMILES string of the molecule is C[C@@H](/C=C\C(=O)N(c1ccccc1)c1ccccc1)OC(=O)/C=C/C1=CCCC([N+](=O)[O-])C1. The Morgan fingerprint density at radius 3 is 2.24 bits per heavy atom. The largest absolute Gasteiger partial charge is 0.455 e. The summed E-state index contributed by atoms with van der Waals surface area (Å²) < 4.78 is 5.31. The van der Waals surface area contributed by atoms with E-state index in [1.54, 1.807) is 17.9 Å². The van der Waals surface area contributed by atoms with Crippen molar-refractivity contribution < 1.29 is 19.2 Å². The van der Waals surface area contributed by atoms with Gasteiger partial charge in [-0.15, -0.1) is 0 Å². The van der Waals surface area contributed by atoms with Crippen LogP contribution < -0.4 is 4.90 Å². The lowest BCUT2D eigenvalue weighted by atomic mass is 9.95. The van der Waals surface area contributed by atoms with Crippen molar-refractivity contribution in [2.45, 2.75) is 38.3 Å². The summed E-state index contributed by atoms with van der Waals surface area (Å²) in [4.78, 5) is 37.4. The highest BCUT2D eigenvalue weighted by molar-refractivity contribution is 6.07. The van der Waals surface area contributed by atoms with Gasteiger partial charge in [0.05, 0.1) is 0 Å². The third-order valence-corrected chi connectivity index (χ3v) is 5.17. The van der Waals surface area contributed by atoms with Crippen molar-refractivity contribution in [1.29, 1.82) is 0 Å². The van der Waals surface area contributed by atoms with Gasteiger partial charge in [0, 0.05) is 41.3 Å². The molecule has 33 heavy (non-hydrogen) atoms. The number of esters is 1. The maximum absolute atomic E-state index is 13.0. The van der Waals surface area contributed by atoms with Crippen molar-refractivity contribution in [3.63, 3.8) is 0 Å². The van der Waals surface area contributed by atoms with Crippen LogP contribution in [0.5, 0.6) is 0 Å². The van der Waals surface area contributed by atoms with Gasteiger partial charge < -0.3 is 4.74 Å². The van der Waals surface area contributed by atoms with Crippen molar-refractivity contribution in [2.75, 3.05) is 4.90 Å². The lowest BCUT2D eigenvalue weighted by Crippen LogP contribution is -2.24. The van der Waals surface area contributed by atoms with E-state index in [-0.39, 0.29) is 10.8 Å². The summed E-state index contributed by atoms with van der Waals surface area (Å²) in [6, 6.07) is 17.9. The molecule has 170 valence electrons. The number of hydrogen-bond donors (Lipinski definition) is 0. The number of hydrogen-bond acceptors (Lipinski definition) is 5. The van der Waals surface area contributed by atoms with Gasteiger partial charge in [-0.1, -0.05) is 48.6 Å². The third-order valence-electron chi connectivity index (χ3n) is 5.17. The number of rotatable bonds is 8. The topological polar surface area (TPSA) is 89.8 Å². The van der Waals surface area contributed by atoms with Crippen molar-refractivity contribution in [2.24, 2.45) is 0 Å². The highest BCUT2D eigenvalue weighted by Crippen LogP contribution is 2.25. The van der Waals surface area contributed by atoms with Crippen LogP contribution in [0.15, 0.2) is 96.6 Å². The lowest BCUT2D eigenvalue weighted by molar-refractivity contribution is -0.523. The number of allylic oxidation sites excluding steroid dienone is 2. The van der Waals surface area contributed by atoms with Crippen LogP contribution >= 0.6 is 0 Å². The monoisotopic (exact) mass is 446 g/mol. The molecule has 0 aromatic heterocycles. The molecule has 0 spiro atoms. The number of benzene rings is 2. The van der Waals surface area contributed by atoms with Gasteiger partial charge in [0.15, 0.2) is 0 Å².